The standard InChI is InChI=1S/C6H4F3N3O2S2/c7-6(8,9)3-4(16(10,13)14)12-1-2-15-5(12)11-3/h1-2H,(H2,10,13,14). The van der Waals surface area contributed by atoms with Gasteiger partial charge in [0, 0.05) is 11.6 Å². The predicted molar refractivity (Wildman–Crippen MR) is 49.4 cm³/mol. The van der Waals surface area contributed by atoms with Crippen molar-refractivity contribution in [3.63, 3.8) is 0 Å². The van der Waals surface area contributed by atoms with Crippen LogP contribution in [0.5, 0.6) is 0 Å². The van der Waals surface area contributed by atoms with E-state index in [4.69, 9.17) is 5.14 Å². The molecule has 0 saturated carbocycles. The molecule has 5 nitrogen and oxygen atoms in total. The largest absolute Gasteiger partial charge is 0.436 e. The number of primary sulfonamides is 1. The Hall–Kier alpha value is -1.13. The first kappa shape index (κ1) is 11.4. The summed E-state index contributed by atoms with van der Waals surface area (Å²) >= 11 is 0.886. The number of thiazole rings is 1. The number of aromatic nitrogens is 2. The average molecular weight is 271 g/mol. The van der Waals surface area contributed by atoms with E-state index in [0.717, 1.165) is 15.7 Å². The highest BCUT2D eigenvalue weighted by Gasteiger charge is 2.41. The smallest absolute Gasteiger partial charge is 0.279 e. The van der Waals surface area contributed by atoms with Crippen LogP contribution >= 0.6 is 11.3 Å². The summed E-state index contributed by atoms with van der Waals surface area (Å²) in [5.74, 6) is 0. The molecule has 2 heterocycles. The van der Waals surface area contributed by atoms with Gasteiger partial charge in [-0.2, -0.15) is 13.2 Å². The second-order valence-electron chi connectivity index (χ2n) is 2.86. The topological polar surface area (TPSA) is 77.5 Å². The fourth-order valence-electron chi connectivity index (χ4n) is 1.22. The zero-order chi connectivity index (χ0) is 12.1. The second kappa shape index (κ2) is 3.18. The Balaban J connectivity index is 2.90. The van der Waals surface area contributed by atoms with Gasteiger partial charge in [0.1, 0.15) is 0 Å². The molecule has 16 heavy (non-hydrogen) atoms. The van der Waals surface area contributed by atoms with Crippen LogP contribution < -0.4 is 5.14 Å². The maximum absolute atomic E-state index is 12.5. The van der Waals surface area contributed by atoms with Crippen molar-refractivity contribution < 1.29 is 21.6 Å². The van der Waals surface area contributed by atoms with Gasteiger partial charge in [-0.05, 0) is 0 Å². The van der Waals surface area contributed by atoms with E-state index < -0.39 is 26.9 Å². The van der Waals surface area contributed by atoms with E-state index in [-0.39, 0.29) is 4.96 Å². The van der Waals surface area contributed by atoms with Crippen LogP contribution in [0.3, 0.4) is 0 Å². The summed E-state index contributed by atoms with van der Waals surface area (Å²) in [4.78, 5) is 3.13. The molecule has 0 fully saturated rings. The molecule has 2 N–H and O–H groups in total. The highest BCUT2D eigenvalue weighted by molar-refractivity contribution is 7.89. The predicted octanol–water partition coefficient (Wildman–Crippen LogP) is 1.06. The van der Waals surface area contributed by atoms with Crippen LogP contribution in [-0.4, -0.2) is 17.8 Å². The van der Waals surface area contributed by atoms with E-state index in [1.54, 1.807) is 0 Å². The summed E-state index contributed by atoms with van der Waals surface area (Å²) in [5, 5.41) is 5.12. The molecule has 2 rings (SSSR count). The van der Waals surface area contributed by atoms with E-state index in [0.29, 0.717) is 0 Å². The molecule has 0 aliphatic heterocycles. The van der Waals surface area contributed by atoms with Gasteiger partial charge in [-0.3, -0.25) is 4.40 Å². The summed E-state index contributed by atoms with van der Waals surface area (Å²) in [5.41, 5.74) is -1.48. The summed E-state index contributed by atoms with van der Waals surface area (Å²) < 4.78 is 60.5. The number of rotatable bonds is 1. The van der Waals surface area contributed by atoms with Crippen LogP contribution in [0.4, 0.5) is 13.2 Å². The average Bonchev–Trinajstić information content (AvgIpc) is 2.53. The molecular formula is C6H4F3N3O2S2. The Morgan fingerprint density at radius 2 is 2.06 bits per heavy atom. The summed E-state index contributed by atoms with van der Waals surface area (Å²) in [6.45, 7) is 0. The molecular weight excluding hydrogens is 267 g/mol. The molecule has 0 aliphatic rings. The molecule has 0 aromatic carbocycles. The number of hydrogen-bond acceptors (Lipinski definition) is 4. The van der Waals surface area contributed by atoms with Crippen molar-refractivity contribution in [1.82, 2.24) is 9.38 Å². The number of sulfonamides is 1. The molecule has 0 atom stereocenters. The van der Waals surface area contributed by atoms with Crippen molar-refractivity contribution >= 4 is 26.3 Å². The fourth-order valence-corrected chi connectivity index (χ4v) is 2.85. The SMILES string of the molecule is NS(=O)(=O)c1c(C(F)(F)F)nc2sccn12. The van der Waals surface area contributed by atoms with E-state index in [2.05, 4.69) is 4.98 Å². The molecule has 0 amide bonds. The second-order valence-corrected chi connectivity index (χ2v) is 5.21. The summed E-state index contributed by atoms with van der Waals surface area (Å²) in [6.07, 6.45) is -3.69. The molecule has 0 saturated heterocycles. The van der Waals surface area contributed by atoms with Crippen molar-refractivity contribution in [2.75, 3.05) is 0 Å². The van der Waals surface area contributed by atoms with Gasteiger partial charge in [-0.1, -0.05) is 0 Å². The van der Waals surface area contributed by atoms with E-state index in [1.807, 2.05) is 0 Å². The van der Waals surface area contributed by atoms with E-state index in [1.165, 1.54) is 11.6 Å². The molecule has 0 bridgehead atoms. The number of nitrogens with zero attached hydrogens (tertiary/aromatic N) is 2. The highest BCUT2D eigenvalue weighted by atomic mass is 32.2. The minimum atomic E-state index is -4.85. The molecule has 0 radical (unpaired) electrons. The lowest BCUT2D eigenvalue weighted by Gasteiger charge is -2.04. The van der Waals surface area contributed by atoms with Crippen molar-refractivity contribution in [3.8, 4) is 0 Å². The molecule has 2 aromatic heterocycles. The van der Waals surface area contributed by atoms with Gasteiger partial charge >= 0.3 is 6.18 Å². The van der Waals surface area contributed by atoms with Gasteiger partial charge in [0.15, 0.2) is 15.7 Å². The van der Waals surface area contributed by atoms with Gasteiger partial charge in [-0.15, -0.1) is 11.3 Å². The van der Waals surface area contributed by atoms with E-state index in [9.17, 15) is 21.6 Å². The third-order valence-electron chi connectivity index (χ3n) is 1.76. The molecule has 88 valence electrons. The van der Waals surface area contributed by atoms with Gasteiger partial charge in [0.05, 0.1) is 0 Å². The van der Waals surface area contributed by atoms with Gasteiger partial charge in [0.2, 0.25) is 0 Å². The Morgan fingerprint density at radius 1 is 1.44 bits per heavy atom. The van der Waals surface area contributed by atoms with Crippen molar-refractivity contribution in [2.45, 2.75) is 11.2 Å². The third-order valence-corrected chi connectivity index (χ3v) is 3.44. The number of halogens is 3. The zero-order valence-corrected chi connectivity index (χ0v) is 9.03. The quantitative estimate of drug-likeness (QED) is 0.842. The van der Waals surface area contributed by atoms with Crippen molar-refractivity contribution in [2.24, 2.45) is 5.14 Å². The van der Waals surface area contributed by atoms with Gasteiger partial charge in [0.25, 0.3) is 10.0 Å². The van der Waals surface area contributed by atoms with Gasteiger partial charge in [-0.25, -0.2) is 18.5 Å². The minimum absolute atomic E-state index is 0.0728. The number of hydrogen-bond donors (Lipinski definition) is 1. The van der Waals surface area contributed by atoms with Crippen molar-refractivity contribution in [1.29, 1.82) is 0 Å². The highest BCUT2D eigenvalue weighted by Crippen LogP contribution is 2.34. The Labute approximate surface area is 91.4 Å². The normalized spacial score (nSPS) is 13.5. The van der Waals surface area contributed by atoms with Crippen LogP contribution in [0.1, 0.15) is 5.69 Å². The zero-order valence-electron chi connectivity index (χ0n) is 7.39. The van der Waals surface area contributed by atoms with Crippen LogP contribution in [0.2, 0.25) is 0 Å². The monoisotopic (exact) mass is 271 g/mol. The van der Waals surface area contributed by atoms with Crippen LogP contribution in [0.15, 0.2) is 16.6 Å². The minimum Gasteiger partial charge on any atom is -0.279 e. The number of fused-ring (bicyclic) bond motifs is 1. The van der Waals surface area contributed by atoms with Crippen molar-refractivity contribution in [3.05, 3.63) is 17.3 Å². The first-order valence-corrected chi connectivity index (χ1v) is 6.19. The lowest BCUT2D eigenvalue weighted by molar-refractivity contribution is -0.143. The molecule has 2 aromatic rings. The maximum atomic E-state index is 12.5. The summed E-state index contributed by atoms with van der Waals surface area (Å²) in [7, 11) is -4.48. The molecule has 0 spiro atoms. The first-order valence-electron chi connectivity index (χ1n) is 3.77. The molecule has 0 unspecified atom stereocenters. The molecule has 10 heteroatoms. The van der Waals surface area contributed by atoms with Crippen LogP contribution in [0, 0.1) is 0 Å². The number of alkyl halides is 3. The first-order chi connectivity index (χ1) is 7.21. The maximum Gasteiger partial charge on any atom is 0.436 e. The lowest BCUT2D eigenvalue weighted by atomic mass is 10.5. The van der Waals surface area contributed by atoms with Crippen LogP contribution in [0.25, 0.3) is 4.96 Å². The summed E-state index contributed by atoms with van der Waals surface area (Å²) in [6, 6.07) is 0. The fraction of sp³-hybridized carbons (Fsp3) is 0.167. The lowest BCUT2D eigenvalue weighted by Crippen LogP contribution is -2.20. The number of imidazole rings is 1. The van der Waals surface area contributed by atoms with E-state index >= 15 is 0 Å². The Morgan fingerprint density at radius 3 is 2.56 bits per heavy atom. The van der Waals surface area contributed by atoms with Gasteiger partial charge < -0.3 is 0 Å². The number of nitrogens with two attached hydrogens (primary N) is 1. The Kier molecular flexibility index (Phi) is 2.26. The third kappa shape index (κ3) is 1.68. The Bertz CT molecular complexity index is 640. The molecule has 0 aliphatic carbocycles. The van der Waals surface area contributed by atoms with Crippen LogP contribution in [-0.2, 0) is 16.2 Å².